The minimum Gasteiger partial charge on any atom is -0.268 e. The topological polar surface area (TPSA) is 52.2 Å². The summed E-state index contributed by atoms with van der Waals surface area (Å²) in [5.41, 5.74) is -4.16. The first-order valence-corrected chi connectivity index (χ1v) is 7.78. The molecule has 0 aromatic carbocycles. The average molecular weight is 426 g/mol. The Kier molecular flexibility index (Phi) is 4.67. The minimum atomic E-state index is -5.88. The standard InChI is InChI=1S/C16H10F8N4O/c1-8-2-3-28-10(4-8)26-12(15(19,20)21)11(13(28)29)9-5-25-27(6-9)7-14(17,18)16(22,23)24/h2-6H,7H2,1H3. The number of hydrogen-bond donors (Lipinski definition) is 0. The molecule has 0 aliphatic carbocycles. The predicted octanol–water partition coefficient (Wildman–Crippen LogP) is 4.08. The SMILES string of the molecule is Cc1ccn2c(=O)c(-c3cnn(CC(F)(F)C(F)(F)F)c3)c(C(F)(F)F)nc2c1. The largest absolute Gasteiger partial charge is 0.455 e. The van der Waals surface area contributed by atoms with E-state index in [9.17, 15) is 39.9 Å². The van der Waals surface area contributed by atoms with E-state index >= 15 is 0 Å². The molecule has 0 atom stereocenters. The summed E-state index contributed by atoms with van der Waals surface area (Å²) in [4.78, 5) is 16.1. The van der Waals surface area contributed by atoms with E-state index in [0.717, 1.165) is 4.40 Å². The smallest absolute Gasteiger partial charge is 0.268 e. The van der Waals surface area contributed by atoms with Gasteiger partial charge in [-0.2, -0.15) is 40.2 Å². The molecule has 0 saturated carbocycles. The van der Waals surface area contributed by atoms with Crippen molar-refractivity contribution in [3.05, 3.63) is 52.3 Å². The lowest BCUT2D eigenvalue weighted by Crippen LogP contribution is -2.40. The molecule has 5 nitrogen and oxygen atoms in total. The zero-order valence-electron chi connectivity index (χ0n) is 14.3. The minimum absolute atomic E-state index is 0.117. The first kappa shape index (κ1) is 20.7. The van der Waals surface area contributed by atoms with Gasteiger partial charge in [0.15, 0.2) is 5.69 Å². The van der Waals surface area contributed by atoms with Crippen molar-refractivity contribution in [2.45, 2.75) is 31.7 Å². The van der Waals surface area contributed by atoms with E-state index in [-0.39, 0.29) is 10.3 Å². The molecule has 13 heteroatoms. The second kappa shape index (κ2) is 6.52. The van der Waals surface area contributed by atoms with Crippen LogP contribution in [-0.2, 0) is 12.7 Å². The molecule has 0 radical (unpaired) electrons. The zero-order valence-corrected chi connectivity index (χ0v) is 14.3. The summed E-state index contributed by atoms with van der Waals surface area (Å²) in [5, 5.41) is 3.24. The summed E-state index contributed by atoms with van der Waals surface area (Å²) in [6, 6.07) is 2.66. The van der Waals surface area contributed by atoms with E-state index < -0.39 is 47.2 Å². The van der Waals surface area contributed by atoms with Crippen molar-refractivity contribution in [1.29, 1.82) is 0 Å². The summed E-state index contributed by atoms with van der Waals surface area (Å²) in [7, 11) is 0. The third-order valence-corrected chi connectivity index (χ3v) is 3.95. The van der Waals surface area contributed by atoms with Crippen LogP contribution >= 0.6 is 0 Å². The molecule has 3 aromatic heterocycles. The van der Waals surface area contributed by atoms with Gasteiger partial charge in [-0.05, 0) is 24.6 Å². The lowest BCUT2D eigenvalue weighted by molar-refractivity contribution is -0.287. The van der Waals surface area contributed by atoms with Crippen molar-refractivity contribution in [1.82, 2.24) is 19.2 Å². The quantitative estimate of drug-likeness (QED) is 0.594. The van der Waals surface area contributed by atoms with Gasteiger partial charge in [0.2, 0.25) is 0 Å². The van der Waals surface area contributed by atoms with Gasteiger partial charge in [-0.3, -0.25) is 13.9 Å². The highest BCUT2D eigenvalue weighted by Crippen LogP contribution is 2.37. The summed E-state index contributed by atoms with van der Waals surface area (Å²) < 4.78 is 105. The van der Waals surface area contributed by atoms with E-state index in [1.807, 2.05) is 0 Å². The predicted molar refractivity (Wildman–Crippen MR) is 83.4 cm³/mol. The molecule has 0 spiro atoms. The lowest BCUT2D eigenvalue weighted by Gasteiger charge is -2.19. The second-order valence-electron chi connectivity index (χ2n) is 6.20. The van der Waals surface area contributed by atoms with Gasteiger partial charge in [0.05, 0.1) is 11.8 Å². The molecule has 0 saturated heterocycles. The molecule has 3 aromatic rings. The van der Waals surface area contributed by atoms with Crippen molar-refractivity contribution >= 4 is 5.65 Å². The van der Waals surface area contributed by atoms with Crippen LogP contribution in [0.5, 0.6) is 0 Å². The highest BCUT2D eigenvalue weighted by atomic mass is 19.4. The van der Waals surface area contributed by atoms with Crippen LogP contribution in [0.3, 0.4) is 0 Å². The van der Waals surface area contributed by atoms with Crippen LogP contribution in [0.1, 0.15) is 11.3 Å². The second-order valence-corrected chi connectivity index (χ2v) is 6.20. The first-order chi connectivity index (χ1) is 13.2. The molecule has 0 aliphatic heterocycles. The van der Waals surface area contributed by atoms with Crippen LogP contribution in [0, 0.1) is 6.92 Å². The maximum atomic E-state index is 13.5. The average Bonchev–Trinajstić information content (AvgIpc) is 2.99. The summed E-state index contributed by atoms with van der Waals surface area (Å²) in [5.74, 6) is -5.17. The molecule has 3 heterocycles. The Balaban J connectivity index is 2.18. The normalized spacial score (nSPS) is 13.3. The number of rotatable bonds is 3. The highest BCUT2D eigenvalue weighted by molar-refractivity contribution is 5.66. The van der Waals surface area contributed by atoms with Gasteiger partial charge < -0.3 is 0 Å². The van der Waals surface area contributed by atoms with Crippen molar-refractivity contribution in [2.75, 3.05) is 0 Å². The summed E-state index contributed by atoms with van der Waals surface area (Å²) >= 11 is 0. The van der Waals surface area contributed by atoms with Crippen molar-refractivity contribution in [2.24, 2.45) is 0 Å². The number of alkyl halides is 8. The Bertz CT molecular complexity index is 1130. The maximum absolute atomic E-state index is 13.5. The van der Waals surface area contributed by atoms with Crippen LogP contribution in [0.15, 0.2) is 35.5 Å². The van der Waals surface area contributed by atoms with E-state index in [4.69, 9.17) is 0 Å². The molecule has 0 aliphatic rings. The Morgan fingerprint density at radius 2 is 1.72 bits per heavy atom. The van der Waals surface area contributed by atoms with Crippen molar-refractivity contribution < 1.29 is 35.1 Å². The first-order valence-electron chi connectivity index (χ1n) is 7.78. The van der Waals surface area contributed by atoms with Gasteiger partial charge in [0.25, 0.3) is 5.56 Å². The third kappa shape index (κ3) is 3.80. The van der Waals surface area contributed by atoms with Gasteiger partial charge in [-0.15, -0.1) is 0 Å². The molecule has 0 fully saturated rings. The van der Waals surface area contributed by atoms with Crippen LogP contribution in [-0.4, -0.2) is 31.3 Å². The molecular formula is C16H10F8N4O. The van der Waals surface area contributed by atoms with Crippen LogP contribution in [0.4, 0.5) is 35.1 Å². The van der Waals surface area contributed by atoms with Gasteiger partial charge in [-0.25, -0.2) is 4.98 Å². The number of nitrogens with zero attached hydrogens (tertiary/aromatic N) is 4. The molecule has 3 rings (SSSR count). The summed E-state index contributed by atoms with van der Waals surface area (Å²) in [6.45, 7) is -0.391. The maximum Gasteiger partial charge on any atom is 0.455 e. The Morgan fingerprint density at radius 3 is 2.31 bits per heavy atom. The van der Waals surface area contributed by atoms with Crippen molar-refractivity contribution in [3.8, 4) is 11.1 Å². The number of fused-ring (bicyclic) bond motifs is 1. The fourth-order valence-electron chi connectivity index (χ4n) is 2.58. The van der Waals surface area contributed by atoms with E-state index in [2.05, 4.69) is 10.1 Å². The zero-order chi connectivity index (χ0) is 21.8. The number of hydrogen-bond acceptors (Lipinski definition) is 3. The molecule has 156 valence electrons. The lowest BCUT2D eigenvalue weighted by atomic mass is 10.1. The fraction of sp³-hybridized carbons (Fsp3) is 0.312. The molecule has 0 amide bonds. The molecule has 0 bridgehead atoms. The monoisotopic (exact) mass is 426 g/mol. The Hall–Kier alpha value is -2.99. The third-order valence-electron chi connectivity index (χ3n) is 3.95. The molecule has 0 N–H and O–H groups in total. The summed E-state index contributed by atoms with van der Waals surface area (Å²) in [6.07, 6.45) is -8.69. The van der Waals surface area contributed by atoms with Crippen molar-refractivity contribution in [3.63, 3.8) is 0 Å². The Morgan fingerprint density at radius 1 is 1.07 bits per heavy atom. The van der Waals surface area contributed by atoms with E-state index in [1.165, 1.54) is 18.3 Å². The highest BCUT2D eigenvalue weighted by Gasteiger charge is 2.57. The van der Waals surface area contributed by atoms with Gasteiger partial charge in [-0.1, -0.05) is 0 Å². The molecule has 29 heavy (non-hydrogen) atoms. The molecule has 0 unspecified atom stereocenters. The van der Waals surface area contributed by atoms with Crippen LogP contribution < -0.4 is 5.56 Å². The van der Waals surface area contributed by atoms with Crippen LogP contribution in [0.2, 0.25) is 0 Å². The number of aryl methyl sites for hydroxylation is 1. The van der Waals surface area contributed by atoms with E-state index in [1.54, 1.807) is 6.92 Å². The van der Waals surface area contributed by atoms with Crippen LogP contribution in [0.25, 0.3) is 16.8 Å². The van der Waals surface area contributed by atoms with Gasteiger partial charge in [0.1, 0.15) is 12.2 Å². The number of pyridine rings is 1. The molecular weight excluding hydrogens is 416 g/mol. The van der Waals surface area contributed by atoms with Gasteiger partial charge >= 0.3 is 18.3 Å². The Labute approximate surface area is 156 Å². The number of aromatic nitrogens is 4. The fourth-order valence-corrected chi connectivity index (χ4v) is 2.58. The van der Waals surface area contributed by atoms with E-state index in [0.29, 0.717) is 18.0 Å². The van der Waals surface area contributed by atoms with Gasteiger partial charge in [0, 0.05) is 18.0 Å². The number of halogens is 8.